The standard InChI is InChI=1S/2C16H24O3.Zn/c2*1-12(2)8-5-3-4-6-9-13-10-7-11-14(15(13)17)16(18)19;/h2*7,10-12,17H,3-6,8-9H2,1-2H3,(H,18,19);/q;;+2/p-2. The summed E-state index contributed by atoms with van der Waals surface area (Å²) in [5.74, 6) is -1.41. The summed E-state index contributed by atoms with van der Waals surface area (Å²) in [7, 11) is 0. The Morgan fingerprint density at radius 2 is 0.949 bits per heavy atom. The smallest absolute Gasteiger partial charge is 0.545 e. The van der Waals surface area contributed by atoms with E-state index in [0.717, 1.165) is 37.5 Å². The average Bonchev–Trinajstić information content (AvgIpc) is 2.85. The van der Waals surface area contributed by atoms with Crippen LogP contribution in [-0.2, 0) is 32.3 Å². The van der Waals surface area contributed by atoms with Crippen molar-refractivity contribution in [2.45, 2.75) is 105 Å². The molecule has 0 aliphatic rings. The molecule has 2 aromatic rings. The number of para-hydroxylation sites is 2. The van der Waals surface area contributed by atoms with E-state index in [1.807, 2.05) is 0 Å². The Kier molecular flexibility index (Phi) is 19.2. The van der Waals surface area contributed by atoms with Gasteiger partial charge in [0.05, 0.1) is 11.9 Å². The van der Waals surface area contributed by atoms with Crippen LogP contribution < -0.4 is 10.2 Å². The summed E-state index contributed by atoms with van der Waals surface area (Å²) in [5.41, 5.74) is 1.17. The van der Waals surface area contributed by atoms with Gasteiger partial charge in [-0.3, -0.25) is 0 Å². The molecule has 0 amide bonds. The monoisotopic (exact) mass is 590 g/mol. The fraction of sp³-hybridized carbons (Fsp3) is 0.562. The maximum atomic E-state index is 10.8. The van der Waals surface area contributed by atoms with Gasteiger partial charge in [-0.2, -0.15) is 0 Å². The molecule has 0 aliphatic heterocycles. The molecule has 0 aromatic heterocycles. The maximum Gasteiger partial charge on any atom is 2.00 e. The van der Waals surface area contributed by atoms with Crippen LogP contribution in [0, 0.1) is 11.8 Å². The molecule has 0 radical (unpaired) electrons. The van der Waals surface area contributed by atoms with Gasteiger partial charge in [0.15, 0.2) is 0 Å². The van der Waals surface area contributed by atoms with Gasteiger partial charge in [0.1, 0.15) is 11.5 Å². The van der Waals surface area contributed by atoms with E-state index >= 15 is 0 Å². The first-order chi connectivity index (χ1) is 18.0. The van der Waals surface area contributed by atoms with Crippen molar-refractivity contribution in [3.8, 4) is 11.5 Å². The van der Waals surface area contributed by atoms with Crippen LogP contribution in [-0.4, -0.2) is 22.2 Å². The number of carboxylic acids is 2. The van der Waals surface area contributed by atoms with Gasteiger partial charge in [-0.15, -0.1) is 0 Å². The molecule has 2 N–H and O–H groups in total. The van der Waals surface area contributed by atoms with Gasteiger partial charge < -0.3 is 30.0 Å². The summed E-state index contributed by atoms with van der Waals surface area (Å²) in [6.07, 6.45) is 13.0. The molecule has 0 atom stereocenters. The second-order valence-electron chi connectivity index (χ2n) is 10.9. The number of aryl methyl sites for hydroxylation is 2. The molecule has 6 nitrogen and oxygen atoms in total. The van der Waals surface area contributed by atoms with Crippen molar-refractivity contribution in [3.05, 3.63) is 58.7 Å². The van der Waals surface area contributed by atoms with E-state index < -0.39 is 11.9 Å². The number of carboxylic acid groups (broad SMARTS) is 2. The third-order valence-corrected chi connectivity index (χ3v) is 6.63. The molecule has 0 heterocycles. The zero-order chi connectivity index (χ0) is 28.5. The third kappa shape index (κ3) is 15.1. The summed E-state index contributed by atoms with van der Waals surface area (Å²) in [5, 5.41) is 41.2. The summed E-state index contributed by atoms with van der Waals surface area (Å²) in [4.78, 5) is 21.6. The summed E-state index contributed by atoms with van der Waals surface area (Å²) in [6, 6.07) is 9.59. The predicted octanol–water partition coefficient (Wildman–Crippen LogP) is 5.81. The number of hydrogen-bond acceptors (Lipinski definition) is 6. The van der Waals surface area contributed by atoms with Gasteiger partial charge >= 0.3 is 19.5 Å². The fourth-order valence-corrected chi connectivity index (χ4v) is 4.36. The largest absolute Gasteiger partial charge is 2.00 e. The molecule has 0 aliphatic carbocycles. The van der Waals surface area contributed by atoms with Crippen molar-refractivity contribution in [2.75, 3.05) is 0 Å². The second-order valence-corrected chi connectivity index (χ2v) is 10.9. The average molecular weight is 592 g/mol. The fourth-order valence-electron chi connectivity index (χ4n) is 4.36. The Morgan fingerprint density at radius 3 is 1.26 bits per heavy atom. The summed E-state index contributed by atoms with van der Waals surface area (Å²) >= 11 is 0. The number of phenols is 2. The Labute approximate surface area is 247 Å². The molecule has 0 fully saturated rings. The van der Waals surface area contributed by atoms with Crippen LogP contribution in [0.5, 0.6) is 11.5 Å². The second kappa shape index (κ2) is 20.5. The third-order valence-electron chi connectivity index (χ3n) is 6.63. The molecule has 0 spiro atoms. The topological polar surface area (TPSA) is 121 Å². The van der Waals surface area contributed by atoms with Crippen LogP contribution in [0.4, 0.5) is 0 Å². The number of carbonyl (C=O) groups is 2. The molecular weight excluding hydrogens is 546 g/mol. The van der Waals surface area contributed by atoms with Crippen molar-refractivity contribution >= 4 is 11.9 Å². The molecular formula is C32H46O6Zn. The van der Waals surface area contributed by atoms with E-state index in [9.17, 15) is 30.0 Å². The minimum atomic E-state index is -1.32. The number of aromatic hydroxyl groups is 2. The van der Waals surface area contributed by atoms with Gasteiger partial charge in [0, 0.05) is 11.1 Å². The van der Waals surface area contributed by atoms with E-state index in [0.29, 0.717) is 24.0 Å². The van der Waals surface area contributed by atoms with Crippen molar-refractivity contribution < 1.29 is 49.5 Å². The Balaban J connectivity index is 0.000000722. The van der Waals surface area contributed by atoms with Gasteiger partial charge in [0.2, 0.25) is 0 Å². The van der Waals surface area contributed by atoms with Crippen molar-refractivity contribution in [2.24, 2.45) is 11.8 Å². The maximum absolute atomic E-state index is 10.8. The van der Waals surface area contributed by atoms with Crippen LogP contribution in [0.1, 0.15) is 124 Å². The molecule has 0 unspecified atom stereocenters. The van der Waals surface area contributed by atoms with E-state index in [1.54, 1.807) is 24.3 Å². The van der Waals surface area contributed by atoms with Crippen LogP contribution in [0.25, 0.3) is 0 Å². The first kappa shape index (κ1) is 36.6. The van der Waals surface area contributed by atoms with Gasteiger partial charge in [-0.05, 0) is 60.8 Å². The number of rotatable bonds is 16. The number of unbranched alkanes of at least 4 members (excludes halogenated alkanes) is 6. The van der Waals surface area contributed by atoms with Crippen LogP contribution in [0.15, 0.2) is 36.4 Å². The van der Waals surface area contributed by atoms with Crippen LogP contribution in [0.2, 0.25) is 0 Å². The number of hydrogen-bond donors (Lipinski definition) is 2. The first-order valence-electron chi connectivity index (χ1n) is 14.1. The van der Waals surface area contributed by atoms with Crippen LogP contribution >= 0.6 is 0 Å². The molecule has 0 saturated heterocycles. The van der Waals surface area contributed by atoms with E-state index in [1.165, 1.54) is 50.7 Å². The Morgan fingerprint density at radius 1 is 0.615 bits per heavy atom. The Hall–Kier alpha value is -2.40. The molecule has 2 aromatic carbocycles. The molecule has 7 heteroatoms. The predicted molar refractivity (Wildman–Crippen MR) is 148 cm³/mol. The number of carbonyl (C=O) groups excluding carboxylic acids is 2. The number of aromatic carboxylic acids is 2. The minimum Gasteiger partial charge on any atom is -0.545 e. The van der Waals surface area contributed by atoms with Crippen molar-refractivity contribution in [3.63, 3.8) is 0 Å². The van der Waals surface area contributed by atoms with Gasteiger partial charge in [-0.25, -0.2) is 0 Å². The van der Waals surface area contributed by atoms with Crippen molar-refractivity contribution in [1.82, 2.24) is 0 Å². The van der Waals surface area contributed by atoms with Gasteiger partial charge in [-0.1, -0.05) is 103 Å². The van der Waals surface area contributed by atoms with E-state index in [2.05, 4.69) is 27.7 Å². The summed E-state index contributed by atoms with van der Waals surface area (Å²) < 4.78 is 0. The minimum absolute atomic E-state index is 0. The van der Waals surface area contributed by atoms with Crippen LogP contribution in [0.3, 0.4) is 0 Å². The van der Waals surface area contributed by atoms with Gasteiger partial charge in [0.25, 0.3) is 0 Å². The number of benzene rings is 2. The normalized spacial score (nSPS) is 10.6. The van der Waals surface area contributed by atoms with E-state index in [4.69, 9.17) is 0 Å². The van der Waals surface area contributed by atoms with Crippen molar-refractivity contribution in [1.29, 1.82) is 0 Å². The van der Waals surface area contributed by atoms with E-state index in [-0.39, 0.29) is 42.1 Å². The molecule has 2 rings (SSSR count). The zero-order valence-electron chi connectivity index (χ0n) is 24.3. The molecule has 39 heavy (non-hydrogen) atoms. The molecule has 0 bridgehead atoms. The Bertz CT molecular complexity index is 907. The first-order valence-corrected chi connectivity index (χ1v) is 14.1. The molecule has 0 saturated carbocycles. The quantitative estimate of drug-likeness (QED) is 0.188. The summed E-state index contributed by atoms with van der Waals surface area (Å²) in [6.45, 7) is 8.90. The SMILES string of the molecule is CC(C)CCCCCCc1cccc(C(=O)[O-])c1O.CC(C)CCCCCCc1cccc(C(=O)[O-])c1O.[Zn+2]. The zero-order valence-corrected chi connectivity index (χ0v) is 27.3. The molecule has 212 valence electrons.